The minimum Gasteiger partial charge on any atom is -0.504 e. The van der Waals surface area contributed by atoms with Gasteiger partial charge in [0.05, 0.1) is 20.8 Å². The van der Waals surface area contributed by atoms with Gasteiger partial charge in [0, 0.05) is 6.08 Å². The number of aromatic hydroxyl groups is 1. The van der Waals surface area contributed by atoms with E-state index < -0.39 is 24.8 Å². The van der Waals surface area contributed by atoms with Crippen LogP contribution >= 0.6 is 0 Å². The molecule has 0 radical (unpaired) electrons. The van der Waals surface area contributed by atoms with E-state index in [1.807, 2.05) is 0 Å². The van der Waals surface area contributed by atoms with Crippen LogP contribution in [0, 0.1) is 0 Å². The van der Waals surface area contributed by atoms with Gasteiger partial charge in [-0.3, -0.25) is 0 Å². The van der Waals surface area contributed by atoms with Crippen LogP contribution in [0.5, 0.6) is 23.0 Å². The highest BCUT2D eigenvalue weighted by Gasteiger charge is 2.24. The van der Waals surface area contributed by atoms with Crippen molar-refractivity contribution in [2.75, 3.05) is 20.8 Å². The van der Waals surface area contributed by atoms with Gasteiger partial charge in [-0.15, -0.1) is 0 Å². The Balaban J connectivity index is 2.25. The number of hydrogen-bond acceptors (Lipinski definition) is 7. The molecule has 0 aromatic heterocycles. The van der Waals surface area contributed by atoms with E-state index in [0.29, 0.717) is 16.9 Å². The molecule has 0 unspecified atom stereocenters. The van der Waals surface area contributed by atoms with E-state index >= 15 is 0 Å². The summed E-state index contributed by atoms with van der Waals surface area (Å²) in [5.74, 6) is -0.403. The zero-order valence-corrected chi connectivity index (χ0v) is 15.4. The fraction of sp³-hybridized carbons (Fsp3) is 0.250. The third-order valence-corrected chi connectivity index (χ3v) is 3.96. The third-order valence-electron chi connectivity index (χ3n) is 3.96. The molecule has 2 rings (SSSR count). The molecule has 0 spiro atoms. The topological polar surface area (TPSA) is 126 Å². The minimum atomic E-state index is -1.21. The van der Waals surface area contributed by atoms with Gasteiger partial charge >= 0.3 is 5.97 Å². The lowest BCUT2D eigenvalue weighted by molar-refractivity contribution is -0.131. The van der Waals surface area contributed by atoms with Crippen LogP contribution in [0.25, 0.3) is 6.08 Å². The zero-order valence-electron chi connectivity index (χ0n) is 15.4. The maximum atomic E-state index is 10.6. The highest BCUT2D eigenvalue weighted by Crippen LogP contribution is 2.34. The lowest BCUT2D eigenvalue weighted by atomic mass is 10.0. The lowest BCUT2D eigenvalue weighted by Crippen LogP contribution is -2.29. The van der Waals surface area contributed by atoms with Gasteiger partial charge < -0.3 is 34.6 Å². The summed E-state index contributed by atoms with van der Waals surface area (Å²) in [5.41, 5.74) is 0.963. The van der Waals surface area contributed by atoms with Crippen LogP contribution in [0.2, 0.25) is 0 Å². The average Bonchev–Trinajstić information content (AvgIpc) is 2.70. The molecule has 0 aliphatic rings. The molecule has 2 aromatic rings. The SMILES string of the molecule is COc1cc([C@@H](O)[C@H](CO)Oc2ccc(/C=C/C(=O)O)cc2OC)ccc1O. The second-order valence-corrected chi connectivity index (χ2v) is 5.80. The maximum Gasteiger partial charge on any atom is 0.328 e. The third kappa shape index (κ3) is 5.15. The fourth-order valence-electron chi connectivity index (χ4n) is 2.51. The van der Waals surface area contributed by atoms with Crippen LogP contribution in [0.3, 0.4) is 0 Å². The van der Waals surface area contributed by atoms with Gasteiger partial charge in [-0.05, 0) is 41.5 Å². The molecule has 0 saturated heterocycles. The summed E-state index contributed by atoms with van der Waals surface area (Å²) in [4.78, 5) is 10.6. The summed E-state index contributed by atoms with van der Waals surface area (Å²) < 4.78 is 16.0. The molecular formula is C20H22O8. The molecular weight excluding hydrogens is 368 g/mol. The summed E-state index contributed by atoms with van der Waals surface area (Å²) in [6.45, 7) is -0.492. The van der Waals surface area contributed by atoms with Crippen molar-refractivity contribution >= 4 is 12.0 Å². The average molecular weight is 390 g/mol. The molecule has 2 aromatic carbocycles. The predicted molar refractivity (Wildman–Crippen MR) is 101 cm³/mol. The van der Waals surface area contributed by atoms with Crippen molar-refractivity contribution in [1.29, 1.82) is 0 Å². The number of methoxy groups -OCH3 is 2. The summed E-state index contributed by atoms with van der Waals surface area (Å²) in [5, 5.41) is 38.6. The van der Waals surface area contributed by atoms with Crippen molar-refractivity contribution in [1.82, 2.24) is 0 Å². The van der Waals surface area contributed by atoms with E-state index in [1.54, 1.807) is 18.2 Å². The van der Waals surface area contributed by atoms with Gasteiger partial charge in [-0.25, -0.2) is 4.79 Å². The normalized spacial score (nSPS) is 13.1. The molecule has 0 aliphatic carbocycles. The molecule has 2 atom stereocenters. The Morgan fingerprint density at radius 1 is 1.07 bits per heavy atom. The summed E-state index contributed by atoms with van der Waals surface area (Å²) >= 11 is 0. The summed E-state index contributed by atoms with van der Waals surface area (Å²) in [7, 11) is 2.80. The Hall–Kier alpha value is -3.23. The first-order valence-electron chi connectivity index (χ1n) is 8.31. The molecule has 28 heavy (non-hydrogen) atoms. The molecule has 8 nitrogen and oxygen atoms in total. The van der Waals surface area contributed by atoms with Gasteiger partial charge in [0.15, 0.2) is 29.1 Å². The van der Waals surface area contributed by atoms with E-state index in [2.05, 4.69) is 0 Å². The van der Waals surface area contributed by atoms with E-state index in [4.69, 9.17) is 19.3 Å². The van der Waals surface area contributed by atoms with E-state index in [9.17, 15) is 20.1 Å². The molecule has 0 amide bonds. The van der Waals surface area contributed by atoms with Gasteiger partial charge in [-0.1, -0.05) is 12.1 Å². The van der Waals surface area contributed by atoms with Crippen molar-refractivity contribution in [2.45, 2.75) is 12.2 Å². The number of ether oxygens (including phenoxy) is 3. The highest BCUT2D eigenvalue weighted by atomic mass is 16.5. The van der Waals surface area contributed by atoms with Gasteiger partial charge in [0.1, 0.15) is 6.10 Å². The van der Waals surface area contributed by atoms with Crippen molar-refractivity contribution in [3.8, 4) is 23.0 Å². The first-order chi connectivity index (χ1) is 13.4. The Kier molecular flexibility index (Phi) is 7.25. The molecule has 150 valence electrons. The number of carboxylic acid groups (broad SMARTS) is 1. The van der Waals surface area contributed by atoms with Gasteiger partial charge in [0.2, 0.25) is 0 Å². The molecule has 0 bridgehead atoms. The van der Waals surface area contributed by atoms with Crippen molar-refractivity contribution in [3.63, 3.8) is 0 Å². The van der Waals surface area contributed by atoms with E-state index in [1.165, 1.54) is 38.5 Å². The van der Waals surface area contributed by atoms with Crippen molar-refractivity contribution in [2.24, 2.45) is 0 Å². The molecule has 4 N–H and O–H groups in total. The van der Waals surface area contributed by atoms with Crippen LogP contribution < -0.4 is 14.2 Å². The Morgan fingerprint density at radius 2 is 1.79 bits per heavy atom. The number of aliphatic hydroxyl groups is 2. The number of rotatable bonds is 9. The van der Waals surface area contributed by atoms with E-state index in [-0.39, 0.29) is 17.2 Å². The number of hydrogen-bond donors (Lipinski definition) is 4. The van der Waals surface area contributed by atoms with Gasteiger partial charge in [0.25, 0.3) is 0 Å². The number of benzene rings is 2. The fourth-order valence-corrected chi connectivity index (χ4v) is 2.51. The second-order valence-electron chi connectivity index (χ2n) is 5.80. The van der Waals surface area contributed by atoms with Crippen LogP contribution in [0.1, 0.15) is 17.2 Å². The minimum absolute atomic E-state index is 0.0772. The molecule has 0 fully saturated rings. The number of phenolic OH excluding ortho intramolecular Hbond substituents is 1. The van der Waals surface area contributed by atoms with Crippen LogP contribution in [0.15, 0.2) is 42.5 Å². The first-order valence-corrected chi connectivity index (χ1v) is 8.31. The monoisotopic (exact) mass is 390 g/mol. The summed E-state index contributed by atoms with van der Waals surface area (Å²) in [6, 6.07) is 9.04. The smallest absolute Gasteiger partial charge is 0.328 e. The number of phenols is 1. The molecule has 0 aliphatic heterocycles. The molecule has 0 saturated carbocycles. The lowest BCUT2D eigenvalue weighted by Gasteiger charge is -2.24. The molecule has 0 heterocycles. The Bertz CT molecular complexity index is 846. The van der Waals surface area contributed by atoms with Gasteiger partial charge in [-0.2, -0.15) is 0 Å². The van der Waals surface area contributed by atoms with E-state index in [0.717, 1.165) is 6.08 Å². The van der Waals surface area contributed by atoms with Crippen LogP contribution in [-0.2, 0) is 4.79 Å². The number of carbonyl (C=O) groups is 1. The first kappa shape index (κ1) is 21.1. The summed E-state index contributed by atoms with van der Waals surface area (Å²) in [6.07, 6.45) is 0.156. The Morgan fingerprint density at radius 3 is 2.39 bits per heavy atom. The van der Waals surface area contributed by atoms with Crippen LogP contribution in [-0.4, -0.2) is 53.3 Å². The molecule has 8 heteroatoms. The van der Waals surface area contributed by atoms with Crippen molar-refractivity contribution < 1.29 is 39.4 Å². The standard InChI is InChI=1S/C20H22O8/c1-26-16-10-13(5-6-14(16)22)20(25)18(11-21)28-15-7-3-12(4-8-19(23)24)9-17(15)27-2/h3-10,18,20-22,25H,11H2,1-2H3,(H,23,24)/b8-4+/t18-,20+/m0/s1. The van der Waals surface area contributed by atoms with Crippen molar-refractivity contribution in [3.05, 3.63) is 53.6 Å². The number of carboxylic acids is 1. The Labute approximate surface area is 161 Å². The highest BCUT2D eigenvalue weighted by molar-refractivity contribution is 5.85. The zero-order chi connectivity index (χ0) is 20.7. The predicted octanol–water partition coefficient (Wildman–Crippen LogP) is 1.98. The number of aliphatic hydroxyl groups excluding tert-OH is 2. The second kappa shape index (κ2) is 9.63. The largest absolute Gasteiger partial charge is 0.504 e. The maximum absolute atomic E-state index is 10.6. The van der Waals surface area contributed by atoms with Crippen LogP contribution in [0.4, 0.5) is 0 Å². The quantitative estimate of drug-likeness (QED) is 0.479. The number of aliphatic carboxylic acids is 1.